The van der Waals surface area contributed by atoms with Crippen LogP contribution in [0.1, 0.15) is 31.0 Å². The number of aromatic nitrogens is 1. The second-order valence-corrected chi connectivity index (χ2v) is 4.43. The maximum atomic E-state index is 12.2. The molecule has 0 fully saturated rings. The third kappa shape index (κ3) is 3.00. The molecule has 19 heavy (non-hydrogen) atoms. The quantitative estimate of drug-likeness (QED) is 0.916. The molecule has 0 aliphatic rings. The van der Waals surface area contributed by atoms with E-state index in [-0.39, 0.29) is 17.9 Å². The summed E-state index contributed by atoms with van der Waals surface area (Å²) in [6.45, 7) is 1.94. The van der Waals surface area contributed by atoms with E-state index in [1.807, 2.05) is 6.92 Å². The van der Waals surface area contributed by atoms with Gasteiger partial charge in [-0.25, -0.2) is 0 Å². The van der Waals surface area contributed by atoms with Crippen molar-refractivity contribution in [1.29, 1.82) is 0 Å². The standard InChI is InChI=1S/C13H14F3NO2/c1-2-3-9-11(18)5-4-8-10(17-19-12(8)9)6-7-13(14,15)16/h4-5,18H,2-3,6-7H2,1H3. The van der Waals surface area contributed by atoms with Gasteiger partial charge in [0.1, 0.15) is 5.75 Å². The molecule has 1 N–H and O–H groups in total. The minimum Gasteiger partial charge on any atom is -0.508 e. The summed E-state index contributed by atoms with van der Waals surface area (Å²) in [6.07, 6.45) is -3.97. The molecule has 1 aromatic carbocycles. The van der Waals surface area contributed by atoms with E-state index in [9.17, 15) is 18.3 Å². The highest BCUT2D eigenvalue weighted by atomic mass is 19.4. The fourth-order valence-electron chi connectivity index (χ4n) is 2.03. The molecule has 1 heterocycles. The van der Waals surface area contributed by atoms with Gasteiger partial charge >= 0.3 is 6.18 Å². The molecule has 1 aromatic heterocycles. The van der Waals surface area contributed by atoms with E-state index in [0.29, 0.717) is 23.0 Å². The summed E-state index contributed by atoms with van der Waals surface area (Å²) in [5.41, 5.74) is 1.27. The molecule has 0 aliphatic carbocycles. The summed E-state index contributed by atoms with van der Waals surface area (Å²) in [5, 5.41) is 14.0. The highest BCUT2D eigenvalue weighted by Crippen LogP contribution is 2.32. The average Bonchev–Trinajstić information content (AvgIpc) is 2.73. The van der Waals surface area contributed by atoms with Crippen LogP contribution in [0.5, 0.6) is 5.75 Å². The summed E-state index contributed by atoms with van der Waals surface area (Å²) >= 11 is 0. The highest BCUT2D eigenvalue weighted by molar-refractivity contribution is 5.84. The Morgan fingerprint density at radius 2 is 2.00 bits per heavy atom. The monoisotopic (exact) mass is 273 g/mol. The van der Waals surface area contributed by atoms with Crippen molar-refractivity contribution in [1.82, 2.24) is 5.16 Å². The fraction of sp³-hybridized carbons (Fsp3) is 0.462. The Bertz CT molecular complexity index is 575. The Labute approximate surface area is 108 Å². The number of rotatable bonds is 4. The number of benzene rings is 1. The summed E-state index contributed by atoms with van der Waals surface area (Å²) < 4.78 is 41.7. The predicted molar refractivity (Wildman–Crippen MR) is 64.0 cm³/mol. The molecule has 2 rings (SSSR count). The molecule has 104 valence electrons. The molecule has 0 radical (unpaired) electrons. The van der Waals surface area contributed by atoms with Crippen LogP contribution in [0.25, 0.3) is 11.0 Å². The van der Waals surface area contributed by atoms with E-state index in [1.165, 1.54) is 6.07 Å². The van der Waals surface area contributed by atoms with E-state index in [1.54, 1.807) is 6.07 Å². The van der Waals surface area contributed by atoms with Crippen molar-refractivity contribution in [2.45, 2.75) is 38.8 Å². The minimum absolute atomic E-state index is 0.0906. The largest absolute Gasteiger partial charge is 0.508 e. The fourth-order valence-corrected chi connectivity index (χ4v) is 2.03. The Balaban J connectivity index is 2.36. The van der Waals surface area contributed by atoms with Crippen molar-refractivity contribution in [3.63, 3.8) is 0 Å². The van der Waals surface area contributed by atoms with Gasteiger partial charge in [-0.1, -0.05) is 18.5 Å². The SMILES string of the molecule is CCCc1c(O)ccc2c(CCC(F)(F)F)noc12. The number of alkyl halides is 3. The molecule has 0 saturated carbocycles. The number of hydrogen-bond donors (Lipinski definition) is 1. The van der Waals surface area contributed by atoms with Crippen LogP contribution in [0.3, 0.4) is 0 Å². The second-order valence-electron chi connectivity index (χ2n) is 4.43. The van der Waals surface area contributed by atoms with Gasteiger partial charge in [-0.3, -0.25) is 0 Å². The summed E-state index contributed by atoms with van der Waals surface area (Å²) in [7, 11) is 0. The van der Waals surface area contributed by atoms with Crippen LogP contribution in [0.4, 0.5) is 13.2 Å². The average molecular weight is 273 g/mol. The van der Waals surface area contributed by atoms with E-state index in [0.717, 1.165) is 6.42 Å². The van der Waals surface area contributed by atoms with Gasteiger partial charge in [-0.05, 0) is 18.6 Å². The third-order valence-corrected chi connectivity index (χ3v) is 2.94. The number of phenols is 1. The first-order valence-electron chi connectivity index (χ1n) is 6.08. The number of nitrogens with zero attached hydrogens (tertiary/aromatic N) is 1. The van der Waals surface area contributed by atoms with Gasteiger partial charge < -0.3 is 9.63 Å². The molecule has 0 saturated heterocycles. The lowest BCUT2D eigenvalue weighted by Crippen LogP contribution is -2.08. The summed E-state index contributed by atoms with van der Waals surface area (Å²) in [4.78, 5) is 0. The van der Waals surface area contributed by atoms with Crippen LogP contribution in [0.15, 0.2) is 16.7 Å². The third-order valence-electron chi connectivity index (χ3n) is 2.94. The number of aryl methyl sites for hydroxylation is 2. The van der Waals surface area contributed by atoms with Gasteiger partial charge in [0, 0.05) is 23.8 Å². The first-order valence-corrected chi connectivity index (χ1v) is 6.08. The van der Waals surface area contributed by atoms with E-state index >= 15 is 0 Å². The van der Waals surface area contributed by atoms with Crippen molar-refractivity contribution >= 4 is 11.0 Å². The van der Waals surface area contributed by atoms with Crippen molar-refractivity contribution in [3.05, 3.63) is 23.4 Å². The smallest absolute Gasteiger partial charge is 0.389 e. The van der Waals surface area contributed by atoms with Crippen LogP contribution in [-0.4, -0.2) is 16.4 Å². The molecular weight excluding hydrogens is 259 g/mol. The zero-order valence-electron chi connectivity index (χ0n) is 10.4. The highest BCUT2D eigenvalue weighted by Gasteiger charge is 2.28. The van der Waals surface area contributed by atoms with Crippen LogP contribution >= 0.6 is 0 Å². The number of phenolic OH excluding ortho intramolecular Hbond substituents is 1. The molecule has 0 unspecified atom stereocenters. The lowest BCUT2D eigenvalue weighted by molar-refractivity contribution is -0.134. The van der Waals surface area contributed by atoms with Gasteiger partial charge in [-0.2, -0.15) is 13.2 Å². The molecule has 3 nitrogen and oxygen atoms in total. The first-order chi connectivity index (χ1) is 8.92. The Kier molecular flexibility index (Phi) is 3.68. The minimum atomic E-state index is -4.21. The maximum Gasteiger partial charge on any atom is 0.389 e. The normalized spacial score (nSPS) is 12.2. The summed E-state index contributed by atoms with van der Waals surface area (Å²) in [6, 6.07) is 3.02. The maximum absolute atomic E-state index is 12.2. The van der Waals surface area contributed by atoms with Crippen molar-refractivity contribution in [3.8, 4) is 5.75 Å². The lowest BCUT2D eigenvalue weighted by Gasteiger charge is -2.04. The molecule has 0 amide bonds. The van der Waals surface area contributed by atoms with Crippen LogP contribution < -0.4 is 0 Å². The van der Waals surface area contributed by atoms with Crippen molar-refractivity contribution in [2.24, 2.45) is 0 Å². The molecular formula is C13H14F3NO2. The van der Waals surface area contributed by atoms with Gasteiger partial charge in [0.2, 0.25) is 0 Å². The summed E-state index contributed by atoms with van der Waals surface area (Å²) in [5.74, 6) is 0.0906. The zero-order chi connectivity index (χ0) is 14.0. The van der Waals surface area contributed by atoms with Gasteiger partial charge in [0.15, 0.2) is 5.58 Å². The molecule has 2 aromatic rings. The zero-order valence-corrected chi connectivity index (χ0v) is 10.4. The number of halogens is 3. The van der Waals surface area contributed by atoms with Crippen molar-refractivity contribution in [2.75, 3.05) is 0 Å². The van der Waals surface area contributed by atoms with E-state index in [2.05, 4.69) is 5.16 Å². The first kappa shape index (κ1) is 13.7. The molecule has 0 bridgehead atoms. The van der Waals surface area contributed by atoms with Crippen LogP contribution in [-0.2, 0) is 12.8 Å². The molecule has 6 heteroatoms. The Hall–Kier alpha value is -1.72. The van der Waals surface area contributed by atoms with Crippen molar-refractivity contribution < 1.29 is 22.8 Å². The molecule has 0 spiro atoms. The van der Waals surface area contributed by atoms with Crippen LogP contribution in [0, 0.1) is 0 Å². The Morgan fingerprint density at radius 3 is 2.63 bits per heavy atom. The van der Waals surface area contributed by atoms with Crippen LogP contribution in [0.2, 0.25) is 0 Å². The lowest BCUT2D eigenvalue weighted by atomic mass is 10.0. The Morgan fingerprint density at radius 1 is 1.26 bits per heavy atom. The van der Waals surface area contributed by atoms with E-state index < -0.39 is 12.6 Å². The van der Waals surface area contributed by atoms with E-state index in [4.69, 9.17) is 4.52 Å². The van der Waals surface area contributed by atoms with Gasteiger partial charge in [0.05, 0.1) is 5.69 Å². The predicted octanol–water partition coefficient (Wildman–Crippen LogP) is 3.98. The van der Waals surface area contributed by atoms with Gasteiger partial charge in [-0.15, -0.1) is 0 Å². The number of aromatic hydroxyl groups is 1. The number of fused-ring (bicyclic) bond motifs is 1. The number of hydrogen-bond acceptors (Lipinski definition) is 3. The second kappa shape index (κ2) is 5.11. The molecule has 0 atom stereocenters. The van der Waals surface area contributed by atoms with Gasteiger partial charge in [0.25, 0.3) is 0 Å². The topological polar surface area (TPSA) is 46.3 Å². The molecule has 0 aliphatic heterocycles.